The third kappa shape index (κ3) is 3.84. The van der Waals surface area contributed by atoms with E-state index in [0.717, 1.165) is 64.2 Å². The molecule has 0 atom stereocenters. The van der Waals surface area contributed by atoms with Crippen molar-refractivity contribution in [3.05, 3.63) is 0 Å². The number of hydrogen-bond acceptors (Lipinski definition) is 4. The van der Waals surface area contributed by atoms with E-state index < -0.39 is 29.6 Å². The van der Waals surface area contributed by atoms with Gasteiger partial charge in [0.2, 0.25) is 10.0 Å². The number of nitrogens with zero attached hydrogens (tertiary/aromatic N) is 1. The van der Waals surface area contributed by atoms with Crippen molar-refractivity contribution < 1.29 is 21.4 Å². The quantitative estimate of drug-likeness (QED) is 0.675. The molecule has 0 unspecified atom stereocenters. The molecule has 0 aromatic heterocycles. The van der Waals surface area contributed by atoms with Crippen LogP contribution in [0.4, 0.5) is 0 Å². The lowest BCUT2D eigenvalue weighted by Gasteiger charge is -2.47. The molecule has 26 heavy (non-hydrogen) atoms. The van der Waals surface area contributed by atoms with Gasteiger partial charge in [-0.05, 0) is 53.4 Å². The highest BCUT2D eigenvalue weighted by Crippen LogP contribution is 2.42. The van der Waals surface area contributed by atoms with Crippen LogP contribution in [0.2, 0.25) is 0 Å². The second kappa shape index (κ2) is 7.68. The Bertz CT molecular complexity index is 667. The molecule has 6 nitrogen and oxygen atoms in total. The molecule has 2 rings (SSSR count). The van der Waals surface area contributed by atoms with Crippen molar-refractivity contribution in [3.63, 3.8) is 0 Å². The second-order valence-corrected chi connectivity index (χ2v) is 13.3. The topological polar surface area (TPSA) is 91.8 Å². The monoisotopic (exact) mass is 409 g/mol. The summed E-state index contributed by atoms with van der Waals surface area (Å²) in [6.45, 7) is 5.49. The summed E-state index contributed by atoms with van der Waals surface area (Å²) in [7, 11) is -8.49. The first kappa shape index (κ1) is 22.1. The van der Waals surface area contributed by atoms with Crippen LogP contribution >= 0.6 is 0 Å². The molecule has 0 aromatic carbocycles. The minimum absolute atomic E-state index is 0.0617. The van der Waals surface area contributed by atoms with Crippen LogP contribution in [0.3, 0.4) is 0 Å². The van der Waals surface area contributed by atoms with E-state index in [-0.39, 0.29) is 12.1 Å². The van der Waals surface area contributed by atoms with Crippen molar-refractivity contribution in [1.29, 1.82) is 0 Å². The molecule has 0 aromatic rings. The fourth-order valence-electron chi connectivity index (χ4n) is 4.25. The average molecular weight is 410 g/mol. The van der Waals surface area contributed by atoms with Crippen molar-refractivity contribution >= 4 is 20.1 Å². The lowest BCUT2D eigenvalue weighted by molar-refractivity contribution is 0.164. The first-order chi connectivity index (χ1) is 11.8. The van der Waals surface area contributed by atoms with Crippen molar-refractivity contribution in [2.24, 2.45) is 0 Å². The molecule has 0 aliphatic heterocycles. The van der Waals surface area contributed by atoms with Gasteiger partial charge in [-0.3, -0.25) is 4.55 Å². The minimum Gasteiger partial charge on any atom is -0.285 e. The molecule has 1 N–H and O–H groups in total. The fourth-order valence-corrected chi connectivity index (χ4v) is 7.85. The summed E-state index contributed by atoms with van der Waals surface area (Å²) in [5, 5.41) is 0. The van der Waals surface area contributed by atoms with E-state index in [1.165, 1.54) is 27.7 Å². The highest BCUT2D eigenvalue weighted by atomic mass is 32.2. The van der Waals surface area contributed by atoms with Crippen LogP contribution in [0.1, 0.15) is 91.9 Å². The lowest BCUT2D eigenvalue weighted by atomic mass is 9.91. The normalized spacial score (nSPS) is 22.7. The van der Waals surface area contributed by atoms with Crippen molar-refractivity contribution in [3.8, 4) is 0 Å². The van der Waals surface area contributed by atoms with E-state index in [4.69, 9.17) is 0 Å². The SMILES string of the molecule is CC(C)(C(C)(C)S(=O)(=O)N(C1CCCCC1)C1CCCCC1)S(=O)(=O)O. The Morgan fingerprint density at radius 2 is 1.04 bits per heavy atom. The van der Waals surface area contributed by atoms with Gasteiger partial charge in [-0.2, -0.15) is 12.7 Å². The first-order valence-electron chi connectivity index (χ1n) is 9.84. The summed E-state index contributed by atoms with van der Waals surface area (Å²) in [6.07, 6.45) is 9.59. The van der Waals surface area contributed by atoms with Crippen molar-refractivity contribution in [2.45, 2.75) is 113 Å². The maximum absolute atomic E-state index is 13.8. The lowest BCUT2D eigenvalue weighted by Crippen LogP contribution is -2.63. The largest absolute Gasteiger partial charge is 0.285 e. The van der Waals surface area contributed by atoms with E-state index >= 15 is 0 Å². The summed E-state index contributed by atoms with van der Waals surface area (Å²) in [6, 6.07) is -0.123. The number of hydrogen-bond donors (Lipinski definition) is 1. The van der Waals surface area contributed by atoms with Crippen LogP contribution in [0.15, 0.2) is 0 Å². The predicted octanol–water partition coefficient (Wildman–Crippen LogP) is 3.73. The molecule has 0 amide bonds. The van der Waals surface area contributed by atoms with Crippen LogP contribution in [-0.4, -0.2) is 47.3 Å². The smallest absolute Gasteiger partial charge is 0.271 e. The van der Waals surface area contributed by atoms with Gasteiger partial charge >= 0.3 is 0 Å². The highest BCUT2D eigenvalue weighted by Gasteiger charge is 2.58. The summed E-state index contributed by atoms with van der Waals surface area (Å²) in [5.41, 5.74) is 0. The Kier molecular flexibility index (Phi) is 6.53. The molecule has 2 aliphatic rings. The van der Waals surface area contributed by atoms with E-state index in [9.17, 15) is 21.4 Å². The second-order valence-electron chi connectivity index (χ2n) is 8.91. The van der Waals surface area contributed by atoms with Crippen LogP contribution in [0.25, 0.3) is 0 Å². The zero-order valence-corrected chi connectivity index (χ0v) is 18.2. The summed E-state index contributed by atoms with van der Waals surface area (Å²) < 4.78 is 59.5. The maximum atomic E-state index is 13.8. The van der Waals surface area contributed by atoms with E-state index in [1.807, 2.05) is 0 Å². The average Bonchev–Trinajstić information content (AvgIpc) is 2.55. The molecule has 154 valence electrons. The van der Waals surface area contributed by atoms with Gasteiger partial charge in [0.15, 0.2) is 0 Å². The van der Waals surface area contributed by atoms with Gasteiger partial charge in [0.1, 0.15) is 9.49 Å². The Labute approximate surface area is 159 Å². The molecule has 0 bridgehead atoms. The van der Waals surface area contributed by atoms with Crippen molar-refractivity contribution in [2.75, 3.05) is 0 Å². The fraction of sp³-hybridized carbons (Fsp3) is 1.00. The van der Waals surface area contributed by atoms with Gasteiger partial charge in [-0.15, -0.1) is 0 Å². The van der Waals surface area contributed by atoms with E-state index in [1.54, 1.807) is 4.31 Å². The van der Waals surface area contributed by atoms with E-state index in [0.29, 0.717) is 0 Å². The maximum Gasteiger partial charge on any atom is 0.271 e. The van der Waals surface area contributed by atoms with Gasteiger partial charge < -0.3 is 0 Å². The highest BCUT2D eigenvalue weighted by molar-refractivity contribution is 7.93. The Morgan fingerprint density at radius 3 is 1.35 bits per heavy atom. The molecule has 0 spiro atoms. The summed E-state index contributed by atoms with van der Waals surface area (Å²) in [5.74, 6) is 0. The summed E-state index contributed by atoms with van der Waals surface area (Å²) >= 11 is 0. The molecular weight excluding hydrogens is 374 g/mol. The third-order valence-corrected chi connectivity index (χ3v) is 11.8. The standard InChI is InChI=1S/C18H35NO5S2/c1-17(2,18(3,4)26(22,23)24)25(20,21)19(15-11-7-5-8-12-15)16-13-9-6-10-14-16/h15-16H,5-14H2,1-4H3,(H,22,23,24). The predicted molar refractivity (Wildman–Crippen MR) is 104 cm³/mol. The van der Waals surface area contributed by atoms with Gasteiger partial charge in [0.25, 0.3) is 10.1 Å². The minimum atomic E-state index is -4.54. The summed E-state index contributed by atoms with van der Waals surface area (Å²) in [4.78, 5) is 0. The molecule has 2 saturated carbocycles. The van der Waals surface area contributed by atoms with Gasteiger partial charge in [-0.1, -0.05) is 38.5 Å². The van der Waals surface area contributed by atoms with Crippen LogP contribution in [0.5, 0.6) is 0 Å². The molecule has 2 fully saturated rings. The Morgan fingerprint density at radius 1 is 0.692 bits per heavy atom. The molecule has 0 radical (unpaired) electrons. The van der Waals surface area contributed by atoms with Gasteiger partial charge in [0.05, 0.1) is 0 Å². The molecule has 8 heteroatoms. The van der Waals surface area contributed by atoms with Gasteiger partial charge in [0, 0.05) is 12.1 Å². The number of sulfonamides is 1. The third-order valence-electron chi connectivity index (χ3n) is 6.89. The first-order valence-corrected chi connectivity index (χ1v) is 12.7. The zero-order chi connectivity index (χ0) is 19.8. The Balaban J connectivity index is 2.50. The molecule has 2 aliphatic carbocycles. The van der Waals surface area contributed by atoms with Crippen LogP contribution in [-0.2, 0) is 20.1 Å². The molecule has 0 saturated heterocycles. The van der Waals surface area contributed by atoms with Crippen molar-refractivity contribution in [1.82, 2.24) is 4.31 Å². The Hall–Kier alpha value is -0.180. The van der Waals surface area contributed by atoms with Crippen LogP contribution in [0, 0.1) is 0 Å². The van der Waals surface area contributed by atoms with Crippen LogP contribution < -0.4 is 0 Å². The number of rotatable bonds is 6. The van der Waals surface area contributed by atoms with E-state index in [2.05, 4.69) is 0 Å². The molecular formula is C18H35NO5S2. The molecule has 0 heterocycles. The zero-order valence-electron chi connectivity index (χ0n) is 16.6. The van der Waals surface area contributed by atoms with Gasteiger partial charge in [-0.25, -0.2) is 8.42 Å².